The van der Waals surface area contributed by atoms with Crippen LogP contribution in [0.5, 0.6) is 0 Å². The highest BCUT2D eigenvalue weighted by atomic mass is 19.4. The number of pyridine rings is 1. The Morgan fingerprint density at radius 2 is 1.65 bits per heavy atom. The largest absolute Gasteiger partial charge is 0.416 e. The molecule has 0 bridgehead atoms. The van der Waals surface area contributed by atoms with Crippen molar-refractivity contribution in [3.8, 4) is 0 Å². The fourth-order valence-corrected chi connectivity index (χ4v) is 6.38. The minimum atomic E-state index is -4.53. The van der Waals surface area contributed by atoms with E-state index < -0.39 is 17.8 Å². The van der Waals surface area contributed by atoms with Gasteiger partial charge in [0.1, 0.15) is 5.82 Å². The number of fused-ring (bicyclic) bond motifs is 1. The molecule has 1 saturated heterocycles. The van der Waals surface area contributed by atoms with Gasteiger partial charge in [0, 0.05) is 61.1 Å². The number of piperazine rings is 1. The van der Waals surface area contributed by atoms with E-state index in [2.05, 4.69) is 27.4 Å². The molecule has 1 aliphatic heterocycles. The van der Waals surface area contributed by atoms with Gasteiger partial charge in [-0.3, -0.25) is 4.90 Å². The number of nitrogens with one attached hydrogen (secondary N) is 2. The van der Waals surface area contributed by atoms with Gasteiger partial charge in [-0.15, -0.1) is 0 Å². The second-order valence-corrected chi connectivity index (χ2v) is 11.5. The summed E-state index contributed by atoms with van der Waals surface area (Å²) in [5.74, 6) is 0.504. The first kappa shape index (κ1) is 26.6. The molecule has 0 atom stereocenters. The van der Waals surface area contributed by atoms with Gasteiger partial charge in [0.15, 0.2) is 0 Å². The first-order valence-electron chi connectivity index (χ1n) is 13.5. The Labute approximate surface area is 231 Å². The predicted octanol–water partition coefficient (Wildman–Crippen LogP) is 5.37. The van der Waals surface area contributed by atoms with Crippen molar-refractivity contribution in [1.29, 1.82) is 0 Å². The molecule has 2 aromatic carbocycles. The fourth-order valence-electron chi connectivity index (χ4n) is 6.38. The van der Waals surface area contributed by atoms with E-state index in [0.717, 1.165) is 37.6 Å². The zero-order valence-corrected chi connectivity index (χ0v) is 22.6. The molecule has 2 heterocycles. The van der Waals surface area contributed by atoms with Crippen LogP contribution in [-0.2, 0) is 23.6 Å². The number of nitrogens with two attached hydrogens (primary N) is 1. The number of alkyl halides is 3. The van der Waals surface area contributed by atoms with Crippen molar-refractivity contribution in [3.05, 3.63) is 82.5 Å². The highest BCUT2D eigenvalue weighted by Gasteiger charge is 2.84. The van der Waals surface area contributed by atoms with Crippen molar-refractivity contribution in [1.82, 2.24) is 14.8 Å². The molecule has 0 radical (unpaired) electrons. The molecule has 40 heavy (non-hydrogen) atoms. The molecule has 3 aromatic rings. The van der Waals surface area contributed by atoms with Crippen LogP contribution in [0.3, 0.4) is 0 Å². The van der Waals surface area contributed by atoms with E-state index >= 15 is 0 Å². The zero-order valence-electron chi connectivity index (χ0n) is 22.6. The van der Waals surface area contributed by atoms with Crippen LogP contribution in [0.2, 0.25) is 0 Å². The van der Waals surface area contributed by atoms with Crippen molar-refractivity contribution in [3.63, 3.8) is 0 Å². The molecule has 3 aliphatic rings. The average molecular weight is 551 g/mol. The number of carbonyl (C=O) groups is 1. The number of amides is 2. The van der Waals surface area contributed by atoms with Gasteiger partial charge >= 0.3 is 12.2 Å². The number of likely N-dealkylation sites (N-methyl/N-ethyl adjacent to an activating group) is 1. The van der Waals surface area contributed by atoms with E-state index in [1.807, 2.05) is 42.3 Å². The van der Waals surface area contributed by atoms with Crippen molar-refractivity contribution in [2.75, 3.05) is 49.6 Å². The third-order valence-corrected chi connectivity index (χ3v) is 8.88. The summed E-state index contributed by atoms with van der Waals surface area (Å²) in [6.07, 6.45) is -0.762. The van der Waals surface area contributed by atoms with Crippen molar-refractivity contribution >= 4 is 23.2 Å². The quantitative estimate of drug-likeness (QED) is 0.385. The minimum Gasteiger partial charge on any atom is -0.384 e. The first-order valence-corrected chi connectivity index (χ1v) is 13.5. The van der Waals surface area contributed by atoms with E-state index in [0.29, 0.717) is 24.6 Å². The standard InChI is InChI=1S/C30H33F3N6O/c1-19-3-5-22(14-24(19)29-17-28(29,18-29)21-7-8-35-26(34)13-21)36-27(40)37-23-6-4-20(25(15-23)30(31,32)33)16-39-11-9-38(2)10-12-39/h3-8,13-15H,9-12,16-18H2,1-2H3,(H2,34,35)(H2,36,37,40). The zero-order chi connectivity index (χ0) is 28.3. The molecular weight excluding hydrogens is 517 g/mol. The maximum atomic E-state index is 13.9. The van der Waals surface area contributed by atoms with Crippen LogP contribution in [0.1, 0.15) is 40.7 Å². The lowest BCUT2D eigenvalue weighted by atomic mass is 9.97. The molecule has 2 amide bonds. The molecule has 4 N–H and O–H groups in total. The van der Waals surface area contributed by atoms with E-state index in [-0.39, 0.29) is 28.6 Å². The fraction of sp³-hybridized carbons (Fsp3) is 0.400. The Kier molecular flexibility index (Phi) is 6.30. The molecule has 210 valence electrons. The van der Waals surface area contributed by atoms with Crippen LogP contribution in [-0.4, -0.2) is 54.0 Å². The number of aromatic nitrogens is 1. The second-order valence-electron chi connectivity index (χ2n) is 11.5. The monoisotopic (exact) mass is 550 g/mol. The van der Waals surface area contributed by atoms with Gasteiger partial charge in [0.25, 0.3) is 0 Å². The van der Waals surface area contributed by atoms with Crippen LogP contribution >= 0.6 is 0 Å². The molecule has 2 saturated carbocycles. The van der Waals surface area contributed by atoms with Crippen LogP contribution in [0.25, 0.3) is 0 Å². The third-order valence-electron chi connectivity index (χ3n) is 8.88. The summed E-state index contributed by atoms with van der Waals surface area (Å²) in [5, 5.41) is 5.39. The molecule has 0 unspecified atom stereocenters. The summed E-state index contributed by atoms with van der Waals surface area (Å²) in [5.41, 5.74) is 9.67. The number of nitrogen functional groups attached to an aromatic ring is 1. The number of aryl methyl sites for hydroxylation is 1. The van der Waals surface area contributed by atoms with Gasteiger partial charge in [-0.25, -0.2) is 9.78 Å². The van der Waals surface area contributed by atoms with Gasteiger partial charge in [-0.05, 0) is 85.5 Å². The maximum absolute atomic E-state index is 13.9. The molecule has 7 nitrogen and oxygen atoms in total. The lowest BCUT2D eigenvalue weighted by Crippen LogP contribution is -2.44. The lowest BCUT2D eigenvalue weighted by Gasteiger charge is -2.33. The Balaban J connectivity index is 1.15. The Bertz CT molecular complexity index is 1460. The number of hydrogen-bond acceptors (Lipinski definition) is 5. The molecule has 1 aromatic heterocycles. The lowest BCUT2D eigenvalue weighted by molar-refractivity contribution is -0.138. The van der Waals surface area contributed by atoms with Crippen molar-refractivity contribution in [2.24, 2.45) is 0 Å². The smallest absolute Gasteiger partial charge is 0.384 e. The Morgan fingerprint density at radius 3 is 2.33 bits per heavy atom. The van der Waals surface area contributed by atoms with E-state index in [4.69, 9.17) is 5.73 Å². The highest BCUT2D eigenvalue weighted by Crippen LogP contribution is 2.86. The van der Waals surface area contributed by atoms with Crippen LogP contribution < -0.4 is 16.4 Å². The third kappa shape index (κ3) is 4.79. The number of urea groups is 1. The summed E-state index contributed by atoms with van der Waals surface area (Å²) in [7, 11) is 2.01. The summed E-state index contributed by atoms with van der Waals surface area (Å²) >= 11 is 0. The number of anilines is 3. The molecule has 10 heteroatoms. The second kappa shape index (κ2) is 9.49. The van der Waals surface area contributed by atoms with Gasteiger partial charge in [0.2, 0.25) is 0 Å². The predicted molar refractivity (Wildman–Crippen MR) is 149 cm³/mol. The summed E-state index contributed by atoms with van der Waals surface area (Å²) in [6.45, 7) is 5.35. The van der Waals surface area contributed by atoms with Gasteiger partial charge in [0.05, 0.1) is 5.56 Å². The number of carbonyl (C=O) groups excluding carboxylic acids is 1. The maximum Gasteiger partial charge on any atom is 0.416 e. The molecular formula is C30H33F3N6O. The van der Waals surface area contributed by atoms with E-state index in [9.17, 15) is 18.0 Å². The average Bonchev–Trinajstić information content (AvgIpc) is 3.75. The van der Waals surface area contributed by atoms with Crippen LogP contribution in [0.4, 0.5) is 35.2 Å². The summed E-state index contributed by atoms with van der Waals surface area (Å²) in [6, 6.07) is 13.1. The normalized spacial score (nSPS) is 24.3. The SMILES string of the molecule is Cc1ccc(NC(=O)Nc2ccc(CN3CCN(C)CC3)c(C(F)(F)F)c2)cc1C12CC1(c1ccnc(N)c1)C2. The minimum absolute atomic E-state index is 0.0280. The number of halogens is 3. The first-order chi connectivity index (χ1) is 19.0. The topological polar surface area (TPSA) is 86.5 Å². The molecule has 0 spiro atoms. The highest BCUT2D eigenvalue weighted by molar-refractivity contribution is 6.00. The molecule has 6 rings (SSSR count). The number of rotatable bonds is 6. The Hall–Kier alpha value is -3.63. The number of benzene rings is 2. The van der Waals surface area contributed by atoms with Crippen LogP contribution in [0.15, 0.2) is 54.7 Å². The van der Waals surface area contributed by atoms with Crippen molar-refractivity contribution < 1.29 is 18.0 Å². The summed E-state index contributed by atoms with van der Waals surface area (Å²) in [4.78, 5) is 21.1. The number of hydrogen-bond donors (Lipinski definition) is 3. The van der Waals surface area contributed by atoms with Crippen LogP contribution in [0, 0.1) is 6.92 Å². The molecule has 2 aliphatic carbocycles. The van der Waals surface area contributed by atoms with E-state index in [1.54, 1.807) is 6.20 Å². The van der Waals surface area contributed by atoms with Gasteiger partial charge in [-0.2, -0.15) is 13.2 Å². The number of nitrogens with zero attached hydrogens (tertiary/aromatic N) is 3. The van der Waals surface area contributed by atoms with Gasteiger partial charge < -0.3 is 21.3 Å². The van der Waals surface area contributed by atoms with Gasteiger partial charge in [-0.1, -0.05) is 12.1 Å². The molecule has 3 fully saturated rings. The Morgan fingerprint density at radius 1 is 0.975 bits per heavy atom. The summed E-state index contributed by atoms with van der Waals surface area (Å²) < 4.78 is 41.8. The van der Waals surface area contributed by atoms with Crippen molar-refractivity contribution in [2.45, 2.75) is 43.3 Å². The van der Waals surface area contributed by atoms with E-state index in [1.165, 1.54) is 23.3 Å².